The number of unbranched alkanes of at least 4 members (excludes halogenated alkanes) is 1. The maximum absolute atomic E-state index is 13.0. The lowest BCUT2D eigenvalue weighted by atomic mass is 10.1. The van der Waals surface area contributed by atoms with Crippen LogP contribution in [0.15, 0.2) is 46.9 Å². The van der Waals surface area contributed by atoms with E-state index in [9.17, 15) is 9.59 Å². The van der Waals surface area contributed by atoms with Crippen molar-refractivity contribution in [1.82, 2.24) is 10.2 Å². The van der Waals surface area contributed by atoms with Crippen LogP contribution in [-0.4, -0.2) is 35.9 Å². The number of ether oxygens (including phenoxy) is 1. The Morgan fingerprint density at radius 2 is 1.73 bits per heavy atom. The van der Waals surface area contributed by atoms with Crippen LogP contribution < -0.4 is 10.1 Å². The highest BCUT2D eigenvalue weighted by molar-refractivity contribution is 9.10. The second-order valence-corrected chi connectivity index (χ2v) is 8.50. The number of carbonyl (C=O) groups is 2. The predicted octanol–water partition coefficient (Wildman–Crippen LogP) is 4.78. The molecule has 0 bridgehead atoms. The lowest BCUT2D eigenvalue weighted by molar-refractivity contribution is -0.142. The third-order valence-corrected chi connectivity index (χ3v) is 5.35. The van der Waals surface area contributed by atoms with Crippen LogP contribution in [0.2, 0.25) is 0 Å². The van der Waals surface area contributed by atoms with E-state index in [1.54, 1.807) is 11.8 Å². The Hall–Kier alpha value is -2.34. The number of nitrogens with zero attached hydrogens (tertiary/aromatic N) is 1. The number of hydrogen-bond acceptors (Lipinski definition) is 3. The van der Waals surface area contributed by atoms with Gasteiger partial charge in [0, 0.05) is 17.6 Å². The summed E-state index contributed by atoms with van der Waals surface area (Å²) in [5.74, 6) is 0.278. The number of benzene rings is 2. The summed E-state index contributed by atoms with van der Waals surface area (Å²) in [6.07, 6.45) is 1.91. The molecular weight excluding hydrogens is 444 g/mol. The Bertz CT molecular complexity index is 832. The van der Waals surface area contributed by atoms with E-state index in [4.69, 9.17) is 4.74 Å². The summed E-state index contributed by atoms with van der Waals surface area (Å²) in [5.41, 5.74) is 3.10. The van der Waals surface area contributed by atoms with Crippen molar-refractivity contribution in [2.24, 2.45) is 0 Å². The lowest BCUT2D eigenvalue weighted by Crippen LogP contribution is -2.49. The number of nitrogens with one attached hydrogen (secondary N) is 1. The van der Waals surface area contributed by atoms with E-state index < -0.39 is 6.04 Å². The van der Waals surface area contributed by atoms with Crippen LogP contribution >= 0.6 is 15.9 Å². The average molecular weight is 475 g/mol. The van der Waals surface area contributed by atoms with Crippen molar-refractivity contribution in [2.45, 2.75) is 53.1 Å². The fraction of sp³-hybridized carbons (Fsp3) is 0.417. The molecule has 0 unspecified atom stereocenters. The molecule has 0 radical (unpaired) electrons. The Balaban J connectivity index is 2.12. The molecular formula is C24H31BrN2O3. The van der Waals surface area contributed by atoms with Crippen molar-refractivity contribution in [1.29, 1.82) is 0 Å². The summed E-state index contributed by atoms with van der Waals surface area (Å²) in [5, 5.41) is 2.92. The molecule has 0 fully saturated rings. The van der Waals surface area contributed by atoms with Gasteiger partial charge in [0.25, 0.3) is 5.91 Å². The van der Waals surface area contributed by atoms with Crippen molar-refractivity contribution in [3.8, 4) is 5.75 Å². The summed E-state index contributed by atoms with van der Waals surface area (Å²) in [6.45, 7) is 8.64. The first-order valence-corrected chi connectivity index (χ1v) is 11.1. The van der Waals surface area contributed by atoms with E-state index in [0.717, 1.165) is 34.0 Å². The third kappa shape index (κ3) is 7.48. The molecule has 1 atom stereocenters. The molecule has 0 spiro atoms. The van der Waals surface area contributed by atoms with E-state index in [-0.39, 0.29) is 18.4 Å². The fourth-order valence-electron chi connectivity index (χ4n) is 3.15. The van der Waals surface area contributed by atoms with E-state index in [0.29, 0.717) is 18.8 Å². The van der Waals surface area contributed by atoms with E-state index in [2.05, 4.69) is 34.2 Å². The minimum absolute atomic E-state index is 0.119. The van der Waals surface area contributed by atoms with Gasteiger partial charge in [0.2, 0.25) is 5.91 Å². The summed E-state index contributed by atoms with van der Waals surface area (Å²) in [7, 11) is 0. The molecule has 0 saturated heterocycles. The van der Waals surface area contributed by atoms with Crippen LogP contribution in [0.4, 0.5) is 0 Å². The van der Waals surface area contributed by atoms with Gasteiger partial charge in [-0.1, -0.05) is 47.5 Å². The van der Waals surface area contributed by atoms with Gasteiger partial charge >= 0.3 is 0 Å². The molecule has 6 heteroatoms. The molecule has 0 aliphatic heterocycles. The van der Waals surface area contributed by atoms with E-state index >= 15 is 0 Å². The molecule has 30 heavy (non-hydrogen) atoms. The molecule has 0 heterocycles. The average Bonchev–Trinajstić information content (AvgIpc) is 2.70. The second kappa shape index (κ2) is 11.7. The summed E-state index contributed by atoms with van der Waals surface area (Å²) in [6, 6.07) is 13.0. The SMILES string of the molecule is CCCCNC(=O)[C@H](C)N(Cc1ccc(Br)cc1)C(=O)COc1cc(C)cc(C)c1. The van der Waals surface area contributed by atoms with Crippen LogP contribution in [0, 0.1) is 13.8 Å². The van der Waals surface area contributed by atoms with Gasteiger partial charge in [0.15, 0.2) is 6.61 Å². The Morgan fingerprint density at radius 1 is 1.10 bits per heavy atom. The summed E-state index contributed by atoms with van der Waals surface area (Å²) in [4.78, 5) is 27.2. The smallest absolute Gasteiger partial charge is 0.261 e. The first kappa shape index (κ1) is 23.9. The van der Waals surface area contributed by atoms with Gasteiger partial charge < -0.3 is 15.0 Å². The number of amides is 2. The van der Waals surface area contributed by atoms with Gasteiger partial charge in [-0.25, -0.2) is 0 Å². The lowest BCUT2D eigenvalue weighted by Gasteiger charge is -2.29. The quantitative estimate of drug-likeness (QED) is 0.504. The minimum Gasteiger partial charge on any atom is -0.484 e. The van der Waals surface area contributed by atoms with Crippen LogP contribution in [-0.2, 0) is 16.1 Å². The van der Waals surface area contributed by atoms with Gasteiger partial charge in [-0.3, -0.25) is 9.59 Å². The zero-order chi connectivity index (χ0) is 22.1. The topological polar surface area (TPSA) is 58.6 Å². The zero-order valence-electron chi connectivity index (χ0n) is 18.2. The van der Waals surface area contributed by atoms with Gasteiger partial charge in [-0.2, -0.15) is 0 Å². The summed E-state index contributed by atoms with van der Waals surface area (Å²) < 4.78 is 6.73. The molecule has 2 aromatic carbocycles. The highest BCUT2D eigenvalue weighted by Crippen LogP contribution is 2.18. The number of rotatable bonds is 10. The van der Waals surface area contributed by atoms with Crippen molar-refractivity contribution in [3.63, 3.8) is 0 Å². The van der Waals surface area contributed by atoms with Crippen molar-refractivity contribution >= 4 is 27.7 Å². The molecule has 5 nitrogen and oxygen atoms in total. The number of hydrogen-bond donors (Lipinski definition) is 1. The Morgan fingerprint density at radius 3 is 2.33 bits per heavy atom. The van der Waals surface area contributed by atoms with Crippen molar-refractivity contribution in [2.75, 3.05) is 13.2 Å². The second-order valence-electron chi connectivity index (χ2n) is 7.58. The van der Waals surface area contributed by atoms with E-state index in [1.165, 1.54) is 0 Å². The van der Waals surface area contributed by atoms with Gasteiger partial charge in [0.05, 0.1) is 0 Å². The monoisotopic (exact) mass is 474 g/mol. The normalized spacial score (nSPS) is 11.6. The van der Waals surface area contributed by atoms with E-state index in [1.807, 2.05) is 50.2 Å². The van der Waals surface area contributed by atoms with Gasteiger partial charge in [0.1, 0.15) is 11.8 Å². The highest BCUT2D eigenvalue weighted by Gasteiger charge is 2.26. The summed E-state index contributed by atoms with van der Waals surface area (Å²) >= 11 is 3.43. The Labute approximate surface area is 187 Å². The Kier molecular flexibility index (Phi) is 9.37. The first-order valence-electron chi connectivity index (χ1n) is 10.3. The van der Waals surface area contributed by atoms with Crippen LogP contribution in [0.1, 0.15) is 43.4 Å². The van der Waals surface area contributed by atoms with Crippen LogP contribution in [0.5, 0.6) is 5.75 Å². The number of aryl methyl sites for hydroxylation is 2. The molecule has 162 valence electrons. The maximum Gasteiger partial charge on any atom is 0.261 e. The molecule has 0 aliphatic rings. The maximum atomic E-state index is 13.0. The largest absolute Gasteiger partial charge is 0.484 e. The standard InChI is InChI=1S/C24H31BrN2O3/c1-5-6-11-26-24(29)19(4)27(15-20-7-9-21(25)10-8-20)23(28)16-30-22-13-17(2)12-18(3)14-22/h7-10,12-14,19H,5-6,11,15-16H2,1-4H3,(H,26,29)/t19-/m0/s1. The van der Waals surface area contributed by atoms with Crippen molar-refractivity contribution < 1.29 is 14.3 Å². The van der Waals surface area contributed by atoms with Crippen LogP contribution in [0.3, 0.4) is 0 Å². The number of halogens is 1. The highest BCUT2D eigenvalue weighted by atomic mass is 79.9. The third-order valence-electron chi connectivity index (χ3n) is 4.82. The van der Waals surface area contributed by atoms with Crippen molar-refractivity contribution in [3.05, 3.63) is 63.6 Å². The van der Waals surface area contributed by atoms with Crippen LogP contribution in [0.25, 0.3) is 0 Å². The molecule has 0 saturated carbocycles. The fourth-order valence-corrected chi connectivity index (χ4v) is 3.41. The molecule has 0 aliphatic carbocycles. The first-order chi connectivity index (χ1) is 14.3. The molecule has 2 aromatic rings. The van der Waals surface area contributed by atoms with Gasteiger partial charge in [-0.05, 0) is 68.1 Å². The zero-order valence-corrected chi connectivity index (χ0v) is 19.8. The predicted molar refractivity (Wildman–Crippen MR) is 123 cm³/mol. The number of carbonyl (C=O) groups excluding carboxylic acids is 2. The minimum atomic E-state index is -0.596. The molecule has 1 N–H and O–H groups in total. The molecule has 2 amide bonds. The molecule has 2 rings (SSSR count). The van der Waals surface area contributed by atoms with Gasteiger partial charge in [-0.15, -0.1) is 0 Å². The molecule has 0 aromatic heterocycles.